The number of aliphatic hydroxyl groups is 1. The van der Waals surface area contributed by atoms with E-state index in [2.05, 4.69) is 14.9 Å². The van der Waals surface area contributed by atoms with Crippen molar-refractivity contribution in [1.29, 1.82) is 0 Å². The van der Waals surface area contributed by atoms with E-state index in [9.17, 15) is 9.90 Å². The normalized spacial score (nSPS) is 28.0. The molecule has 3 aliphatic rings. The van der Waals surface area contributed by atoms with E-state index in [0.29, 0.717) is 18.3 Å². The Balaban J connectivity index is 1.34. The largest absolute Gasteiger partial charge is 0.474 e. The lowest BCUT2D eigenvalue weighted by atomic mass is 9.92. The minimum Gasteiger partial charge on any atom is -0.474 e. The number of hydrogen-bond acceptors (Lipinski definition) is 7. The smallest absolute Gasteiger partial charge is 0.246 e. The molecule has 2 aromatic heterocycles. The van der Waals surface area contributed by atoms with Gasteiger partial charge in [-0.2, -0.15) is 0 Å². The monoisotopic (exact) mass is 430 g/mol. The second-order valence-corrected chi connectivity index (χ2v) is 10.1. The van der Waals surface area contributed by atoms with Crippen LogP contribution in [0.3, 0.4) is 0 Å². The van der Waals surface area contributed by atoms with E-state index in [1.165, 1.54) is 43.6 Å². The van der Waals surface area contributed by atoms with Crippen molar-refractivity contribution < 1.29 is 14.6 Å². The number of aliphatic hydroxyl groups excluding tert-OH is 1. The second-order valence-electron chi connectivity index (χ2n) is 8.98. The molecule has 7 nitrogen and oxygen atoms in total. The van der Waals surface area contributed by atoms with Gasteiger partial charge >= 0.3 is 0 Å². The Bertz CT molecular complexity index is 918. The maximum atomic E-state index is 11.4. The number of aromatic nitrogens is 2. The van der Waals surface area contributed by atoms with Gasteiger partial charge in [0.15, 0.2) is 0 Å². The first-order chi connectivity index (χ1) is 14.6. The van der Waals surface area contributed by atoms with Crippen molar-refractivity contribution in [2.24, 2.45) is 5.73 Å². The molecule has 162 valence electrons. The number of hydrogen-bond donors (Lipinski definition) is 2. The zero-order valence-electron chi connectivity index (χ0n) is 17.3. The third-order valence-corrected chi connectivity index (χ3v) is 8.28. The van der Waals surface area contributed by atoms with Crippen LogP contribution >= 0.6 is 11.3 Å². The summed E-state index contributed by atoms with van der Waals surface area (Å²) in [6.07, 6.45) is 10.0. The Morgan fingerprint density at radius 3 is 2.73 bits per heavy atom. The lowest BCUT2D eigenvalue weighted by Crippen LogP contribution is -2.38. The number of carbonyl (C=O) groups is 1. The molecule has 30 heavy (non-hydrogen) atoms. The predicted octanol–water partition coefficient (Wildman–Crippen LogP) is 2.74. The molecule has 1 saturated heterocycles. The number of primary amides is 1. The molecular formula is C22H30N4O3S. The van der Waals surface area contributed by atoms with Crippen LogP contribution in [0.4, 0.5) is 0 Å². The van der Waals surface area contributed by atoms with Crippen molar-refractivity contribution in [2.75, 3.05) is 13.1 Å². The number of carbonyl (C=O) groups excluding carboxylic acids is 1. The van der Waals surface area contributed by atoms with E-state index < -0.39 is 12.0 Å². The summed E-state index contributed by atoms with van der Waals surface area (Å²) in [4.78, 5) is 25.2. The van der Waals surface area contributed by atoms with Crippen LogP contribution in [0, 0.1) is 0 Å². The molecule has 2 fully saturated rings. The predicted molar refractivity (Wildman–Crippen MR) is 116 cm³/mol. The van der Waals surface area contributed by atoms with Gasteiger partial charge in [-0.15, -0.1) is 11.3 Å². The highest BCUT2D eigenvalue weighted by Gasteiger charge is 2.34. The van der Waals surface area contributed by atoms with Crippen molar-refractivity contribution in [3.05, 3.63) is 16.8 Å². The number of fused-ring (bicyclic) bond motifs is 3. The molecule has 2 aliphatic carbocycles. The number of thiophene rings is 1. The molecule has 2 atom stereocenters. The summed E-state index contributed by atoms with van der Waals surface area (Å²) in [7, 11) is 0. The van der Waals surface area contributed by atoms with Crippen molar-refractivity contribution in [2.45, 2.75) is 82.0 Å². The highest BCUT2D eigenvalue weighted by molar-refractivity contribution is 7.19. The van der Waals surface area contributed by atoms with Gasteiger partial charge in [0, 0.05) is 10.9 Å². The van der Waals surface area contributed by atoms with Crippen LogP contribution in [0.15, 0.2) is 6.33 Å². The molecule has 8 heteroatoms. The minimum atomic E-state index is -1.12. The van der Waals surface area contributed by atoms with Gasteiger partial charge in [-0.25, -0.2) is 9.97 Å². The van der Waals surface area contributed by atoms with Crippen molar-refractivity contribution in [1.82, 2.24) is 14.9 Å². The molecule has 1 aliphatic heterocycles. The van der Waals surface area contributed by atoms with Gasteiger partial charge in [-0.1, -0.05) is 0 Å². The molecule has 1 amide bonds. The van der Waals surface area contributed by atoms with E-state index >= 15 is 0 Å². The fourth-order valence-corrected chi connectivity index (χ4v) is 6.78. The molecule has 1 unspecified atom stereocenters. The topological polar surface area (TPSA) is 102 Å². The molecule has 2 aromatic rings. The number of nitrogens with two attached hydrogens (primary N) is 1. The zero-order valence-corrected chi connectivity index (χ0v) is 18.1. The molecule has 3 heterocycles. The lowest BCUT2D eigenvalue weighted by Gasteiger charge is -2.34. The summed E-state index contributed by atoms with van der Waals surface area (Å²) < 4.78 is 6.45. The van der Waals surface area contributed by atoms with Crippen LogP contribution in [0.2, 0.25) is 0 Å². The zero-order chi connectivity index (χ0) is 20.7. The highest BCUT2D eigenvalue weighted by atomic mass is 32.1. The number of likely N-dealkylation sites (tertiary alicyclic amines) is 1. The molecule has 0 bridgehead atoms. The number of rotatable bonds is 6. The van der Waals surface area contributed by atoms with Crippen molar-refractivity contribution in [3.8, 4) is 5.88 Å². The summed E-state index contributed by atoms with van der Waals surface area (Å²) in [6.45, 7) is 2.50. The first-order valence-electron chi connectivity index (χ1n) is 11.2. The average Bonchev–Trinajstić information content (AvgIpc) is 3.46. The van der Waals surface area contributed by atoms with Gasteiger partial charge in [0.05, 0.1) is 5.39 Å². The van der Waals surface area contributed by atoms with E-state index in [-0.39, 0.29) is 12.0 Å². The molecular weight excluding hydrogens is 400 g/mol. The molecule has 3 N–H and O–H groups in total. The fourth-order valence-electron chi connectivity index (χ4n) is 5.54. The average molecular weight is 431 g/mol. The summed E-state index contributed by atoms with van der Waals surface area (Å²) in [5.41, 5.74) is 6.46. The van der Waals surface area contributed by atoms with Crippen LogP contribution < -0.4 is 10.5 Å². The van der Waals surface area contributed by atoms with E-state index in [1.54, 1.807) is 17.7 Å². The van der Waals surface area contributed by atoms with Gasteiger partial charge < -0.3 is 20.5 Å². The van der Waals surface area contributed by atoms with Crippen molar-refractivity contribution >= 4 is 27.5 Å². The van der Waals surface area contributed by atoms with Crippen LogP contribution in [-0.2, 0) is 11.2 Å². The minimum absolute atomic E-state index is 0.0931. The summed E-state index contributed by atoms with van der Waals surface area (Å²) >= 11 is 1.68. The Kier molecular flexibility index (Phi) is 5.64. The van der Waals surface area contributed by atoms with Crippen LogP contribution in [-0.4, -0.2) is 57.2 Å². The first kappa shape index (κ1) is 20.2. The summed E-state index contributed by atoms with van der Waals surface area (Å²) in [5.74, 6) is 0.101. The summed E-state index contributed by atoms with van der Waals surface area (Å²) in [5, 5.41) is 11.0. The van der Waals surface area contributed by atoms with E-state index in [4.69, 9.17) is 10.5 Å². The maximum Gasteiger partial charge on any atom is 0.246 e. The van der Waals surface area contributed by atoms with Gasteiger partial charge in [0.1, 0.15) is 23.4 Å². The van der Waals surface area contributed by atoms with Gasteiger partial charge in [0.25, 0.3) is 0 Å². The fraction of sp³-hybridized carbons (Fsp3) is 0.682. The second kappa shape index (κ2) is 8.40. The Morgan fingerprint density at radius 1 is 1.23 bits per heavy atom. The van der Waals surface area contributed by atoms with Gasteiger partial charge in [-0.05, 0) is 82.4 Å². The highest BCUT2D eigenvalue weighted by Crippen LogP contribution is 2.47. The molecule has 0 radical (unpaired) electrons. The number of nitrogens with zero attached hydrogens (tertiary/aromatic N) is 3. The van der Waals surface area contributed by atoms with Gasteiger partial charge in [0.2, 0.25) is 11.8 Å². The quantitative estimate of drug-likeness (QED) is 0.731. The number of aryl methyl sites for hydroxylation is 1. The number of ether oxygens (including phenoxy) is 1. The standard InChI is InChI=1S/C22H30N4O3S/c23-20(28)16(27)11-13-3-8-17-18(13)19-21(24-12-25-22(19)30-17)29-15-6-4-14(5-7-15)26-9-1-2-10-26/h12-16,27H,1-11H2,(H2,23,28)/t13-,14-,15-,16?/m1/s1. The van der Waals surface area contributed by atoms with Crippen LogP contribution in [0.5, 0.6) is 5.88 Å². The third kappa shape index (κ3) is 3.81. The first-order valence-corrected chi connectivity index (χ1v) is 12.1. The van der Waals surface area contributed by atoms with E-state index in [1.807, 2.05) is 0 Å². The summed E-state index contributed by atoms with van der Waals surface area (Å²) in [6, 6.07) is 0.711. The molecule has 0 aromatic carbocycles. The Hall–Kier alpha value is -1.77. The SMILES string of the molecule is NC(=O)C(O)C[C@H]1CCc2sc3ncnc(O[C@H]4CC[C@H](N5CCCC5)CC4)c3c21. The third-order valence-electron chi connectivity index (χ3n) is 7.11. The lowest BCUT2D eigenvalue weighted by molar-refractivity contribution is -0.126. The van der Waals surface area contributed by atoms with Crippen LogP contribution in [0.1, 0.15) is 67.7 Å². The Labute approximate surface area is 180 Å². The Morgan fingerprint density at radius 2 is 2.00 bits per heavy atom. The molecule has 0 spiro atoms. The van der Waals surface area contributed by atoms with Gasteiger partial charge in [-0.3, -0.25) is 4.79 Å². The molecule has 1 saturated carbocycles. The molecule has 5 rings (SSSR count). The van der Waals surface area contributed by atoms with Crippen LogP contribution in [0.25, 0.3) is 10.2 Å². The van der Waals surface area contributed by atoms with Crippen molar-refractivity contribution in [3.63, 3.8) is 0 Å². The number of amides is 1. The maximum absolute atomic E-state index is 11.4. The van der Waals surface area contributed by atoms with E-state index in [0.717, 1.165) is 41.5 Å².